The minimum atomic E-state index is 0.627. The van der Waals surface area contributed by atoms with Crippen molar-refractivity contribution in [3.05, 3.63) is 53.1 Å². The van der Waals surface area contributed by atoms with Crippen LogP contribution in [0.25, 0.3) is 0 Å². The van der Waals surface area contributed by atoms with Gasteiger partial charge in [0.25, 0.3) is 0 Å². The number of benzene rings is 2. The number of piperazine rings is 1. The summed E-state index contributed by atoms with van der Waals surface area (Å²) in [5, 5.41) is 3.49. The zero-order chi connectivity index (χ0) is 22.2. The first-order valence-corrected chi connectivity index (χ1v) is 10.6. The van der Waals surface area contributed by atoms with Crippen molar-refractivity contribution in [1.82, 2.24) is 15.1 Å². The first-order chi connectivity index (χ1) is 15.1. The van der Waals surface area contributed by atoms with Crippen LogP contribution < -0.4 is 19.5 Å². The van der Waals surface area contributed by atoms with E-state index < -0.39 is 0 Å². The molecule has 1 aliphatic heterocycles. The van der Waals surface area contributed by atoms with Crippen LogP contribution in [0.3, 0.4) is 0 Å². The smallest absolute Gasteiger partial charge is 0.203 e. The summed E-state index contributed by atoms with van der Waals surface area (Å²) in [5.74, 6) is 2.96. The molecule has 0 atom stereocenters. The van der Waals surface area contributed by atoms with E-state index in [-0.39, 0.29) is 0 Å². The summed E-state index contributed by atoms with van der Waals surface area (Å²) < 4.78 is 16.4. The van der Waals surface area contributed by atoms with E-state index in [4.69, 9.17) is 14.2 Å². The lowest BCUT2D eigenvalue weighted by Crippen LogP contribution is -2.52. The zero-order valence-corrected chi connectivity index (χ0v) is 19.3. The third-order valence-corrected chi connectivity index (χ3v) is 5.59. The van der Waals surface area contributed by atoms with E-state index in [1.165, 1.54) is 11.1 Å². The molecule has 7 nitrogen and oxygen atoms in total. The number of nitrogens with zero attached hydrogens (tertiary/aromatic N) is 3. The fourth-order valence-electron chi connectivity index (χ4n) is 3.82. The third kappa shape index (κ3) is 5.82. The number of aryl methyl sites for hydroxylation is 1. The molecule has 0 bridgehead atoms. The summed E-state index contributed by atoms with van der Waals surface area (Å²) in [4.78, 5) is 9.24. The molecule has 0 unspecified atom stereocenters. The number of hydrogen-bond donors (Lipinski definition) is 1. The average Bonchev–Trinajstić information content (AvgIpc) is 2.80. The largest absolute Gasteiger partial charge is 0.493 e. The van der Waals surface area contributed by atoms with Gasteiger partial charge in [-0.3, -0.25) is 9.89 Å². The predicted octanol–water partition coefficient (Wildman–Crippen LogP) is 2.91. The SMILES string of the molecule is CN=C(NCc1ccc(C)cc1)N1CCN(Cc2cc(OC)c(OC)c(OC)c2)CC1. The van der Waals surface area contributed by atoms with Gasteiger partial charge >= 0.3 is 0 Å². The Balaban J connectivity index is 1.55. The van der Waals surface area contributed by atoms with Gasteiger partial charge in [0, 0.05) is 46.3 Å². The molecule has 0 radical (unpaired) electrons. The van der Waals surface area contributed by atoms with Crippen LogP contribution >= 0.6 is 0 Å². The van der Waals surface area contributed by atoms with Gasteiger partial charge in [0.2, 0.25) is 5.75 Å². The molecule has 2 aromatic rings. The van der Waals surface area contributed by atoms with Gasteiger partial charge in [-0.25, -0.2) is 0 Å². The molecular weight excluding hydrogens is 392 g/mol. The van der Waals surface area contributed by atoms with Crippen molar-refractivity contribution in [2.45, 2.75) is 20.0 Å². The Bertz CT molecular complexity index is 850. The maximum atomic E-state index is 5.49. The molecule has 0 saturated carbocycles. The molecular formula is C24H34N4O3. The van der Waals surface area contributed by atoms with E-state index >= 15 is 0 Å². The number of nitrogens with one attached hydrogen (secondary N) is 1. The van der Waals surface area contributed by atoms with Crippen LogP contribution in [-0.4, -0.2) is 70.3 Å². The first kappa shape index (κ1) is 22.7. The maximum Gasteiger partial charge on any atom is 0.203 e. The van der Waals surface area contributed by atoms with Crippen molar-refractivity contribution in [3.8, 4) is 17.2 Å². The van der Waals surface area contributed by atoms with Gasteiger partial charge in [-0.2, -0.15) is 0 Å². The fourth-order valence-corrected chi connectivity index (χ4v) is 3.82. The molecule has 0 aliphatic carbocycles. The van der Waals surface area contributed by atoms with Crippen molar-refractivity contribution >= 4 is 5.96 Å². The van der Waals surface area contributed by atoms with Crippen molar-refractivity contribution in [2.75, 3.05) is 54.6 Å². The Kier molecular flexibility index (Phi) is 8.00. The van der Waals surface area contributed by atoms with Crippen LogP contribution in [0.2, 0.25) is 0 Å². The van der Waals surface area contributed by atoms with Gasteiger partial charge in [-0.05, 0) is 30.2 Å². The van der Waals surface area contributed by atoms with Crippen molar-refractivity contribution in [3.63, 3.8) is 0 Å². The number of hydrogen-bond acceptors (Lipinski definition) is 5. The lowest BCUT2D eigenvalue weighted by atomic mass is 10.1. The molecule has 7 heteroatoms. The van der Waals surface area contributed by atoms with Crippen LogP contribution in [0.1, 0.15) is 16.7 Å². The monoisotopic (exact) mass is 426 g/mol. The Morgan fingerprint density at radius 3 is 2.03 bits per heavy atom. The highest BCUT2D eigenvalue weighted by Crippen LogP contribution is 2.38. The van der Waals surface area contributed by atoms with Gasteiger partial charge < -0.3 is 24.4 Å². The summed E-state index contributed by atoms with van der Waals surface area (Å²) in [5.41, 5.74) is 3.67. The number of guanidine groups is 1. The number of rotatable bonds is 7. The molecule has 0 spiro atoms. The molecule has 1 heterocycles. The maximum absolute atomic E-state index is 5.49. The Hall–Kier alpha value is -2.93. The van der Waals surface area contributed by atoms with Crippen LogP contribution in [0.15, 0.2) is 41.4 Å². The van der Waals surface area contributed by atoms with Gasteiger partial charge in [-0.15, -0.1) is 0 Å². The highest BCUT2D eigenvalue weighted by molar-refractivity contribution is 5.80. The Labute approximate surface area is 185 Å². The molecule has 168 valence electrons. The van der Waals surface area contributed by atoms with E-state index in [1.807, 2.05) is 19.2 Å². The summed E-state index contributed by atoms with van der Waals surface area (Å²) >= 11 is 0. The van der Waals surface area contributed by atoms with Crippen molar-refractivity contribution in [1.29, 1.82) is 0 Å². The molecule has 0 amide bonds. The van der Waals surface area contributed by atoms with Crippen LogP contribution in [0, 0.1) is 6.92 Å². The Morgan fingerprint density at radius 1 is 0.903 bits per heavy atom. The van der Waals surface area contributed by atoms with E-state index in [0.717, 1.165) is 50.8 Å². The fraction of sp³-hybridized carbons (Fsp3) is 0.458. The summed E-state index contributed by atoms with van der Waals surface area (Å²) in [6.45, 7) is 7.49. The lowest BCUT2D eigenvalue weighted by Gasteiger charge is -2.36. The van der Waals surface area contributed by atoms with Gasteiger partial charge in [-0.1, -0.05) is 29.8 Å². The molecule has 0 aromatic heterocycles. The highest BCUT2D eigenvalue weighted by atomic mass is 16.5. The molecule has 1 N–H and O–H groups in total. The molecule has 1 fully saturated rings. The van der Waals surface area contributed by atoms with E-state index in [2.05, 4.69) is 51.3 Å². The van der Waals surface area contributed by atoms with E-state index in [1.54, 1.807) is 21.3 Å². The molecule has 1 aliphatic rings. The lowest BCUT2D eigenvalue weighted by molar-refractivity contribution is 0.172. The number of ether oxygens (including phenoxy) is 3. The highest BCUT2D eigenvalue weighted by Gasteiger charge is 2.21. The van der Waals surface area contributed by atoms with E-state index in [9.17, 15) is 0 Å². The third-order valence-electron chi connectivity index (χ3n) is 5.59. The Morgan fingerprint density at radius 2 is 1.52 bits per heavy atom. The van der Waals surface area contributed by atoms with Crippen molar-refractivity contribution < 1.29 is 14.2 Å². The molecule has 1 saturated heterocycles. The second kappa shape index (κ2) is 10.9. The second-order valence-corrected chi connectivity index (χ2v) is 7.68. The van der Waals surface area contributed by atoms with Gasteiger partial charge in [0.15, 0.2) is 17.5 Å². The second-order valence-electron chi connectivity index (χ2n) is 7.68. The minimum Gasteiger partial charge on any atom is -0.493 e. The van der Waals surface area contributed by atoms with Crippen LogP contribution in [0.4, 0.5) is 0 Å². The topological polar surface area (TPSA) is 58.6 Å². The van der Waals surface area contributed by atoms with Crippen LogP contribution in [0.5, 0.6) is 17.2 Å². The minimum absolute atomic E-state index is 0.627. The van der Waals surface area contributed by atoms with Gasteiger partial charge in [0.1, 0.15) is 0 Å². The van der Waals surface area contributed by atoms with Gasteiger partial charge in [0.05, 0.1) is 21.3 Å². The summed E-state index contributed by atoms with van der Waals surface area (Å²) in [6.07, 6.45) is 0. The predicted molar refractivity (Wildman–Crippen MR) is 124 cm³/mol. The van der Waals surface area contributed by atoms with E-state index in [0.29, 0.717) is 17.2 Å². The molecule has 3 rings (SSSR count). The normalized spacial score (nSPS) is 15.0. The number of methoxy groups -OCH3 is 3. The average molecular weight is 427 g/mol. The standard InChI is InChI=1S/C24H34N4O3/c1-18-6-8-19(9-7-18)16-26-24(25-2)28-12-10-27(11-13-28)17-20-14-21(29-3)23(31-5)22(15-20)30-4/h6-9,14-15H,10-13,16-17H2,1-5H3,(H,25,26). The summed E-state index contributed by atoms with van der Waals surface area (Å²) in [7, 11) is 6.77. The molecule has 2 aromatic carbocycles. The first-order valence-electron chi connectivity index (χ1n) is 10.6. The quantitative estimate of drug-likeness (QED) is 0.543. The number of aliphatic imine (C=N–C) groups is 1. The van der Waals surface area contributed by atoms with Crippen LogP contribution in [-0.2, 0) is 13.1 Å². The van der Waals surface area contributed by atoms with Crippen molar-refractivity contribution in [2.24, 2.45) is 4.99 Å². The zero-order valence-electron chi connectivity index (χ0n) is 19.3. The molecule has 31 heavy (non-hydrogen) atoms. The summed E-state index contributed by atoms with van der Waals surface area (Å²) in [6, 6.07) is 12.6.